The topological polar surface area (TPSA) is 0 Å². The molecule has 2 unspecified atom stereocenters. The fourth-order valence-electron chi connectivity index (χ4n) is 10.3. The summed E-state index contributed by atoms with van der Waals surface area (Å²) in [6, 6.07) is 0. The lowest BCUT2D eigenvalue weighted by Gasteiger charge is -2.61. The van der Waals surface area contributed by atoms with Gasteiger partial charge in [-0.2, -0.15) is 0 Å². The van der Waals surface area contributed by atoms with Crippen molar-refractivity contribution in [1.29, 1.82) is 0 Å². The summed E-state index contributed by atoms with van der Waals surface area (Å²) in [6.45, 7) is 18.0. The third-order valence-corrected chi connectivity index (χ3v) is 12.1. The third kappa shape index (κ3) is 3.83. The van der Waals surface area contributed by atoms with Crippen LogP contribution in [-0.2, 0) is 0 Å². The van der Waals surface area contributed by atoms with Crippen LogP contribution in [0.5, 0.6) is 0 Å². The molecule has 10 atom stereocenters. The van der Waals surface area contributed by atoms with Crippen LogP contribution in [0, 0.1) is 64.1 Å². The fourth-order valence-corrected chi connectivity index (χ4v) is 10.3. The van der Waals surface area contributed by atoms with Crippen molar-refractivity contribution in [1.82, 2.24) is 0 Å². The van der Waals surface area contributed by atoms with E-state index in [2.05, 4.69) is 48.5 Å². The maximum absolute atomic E-state index is 2.76. The molecule has 0 aliphatic heterocycles. The van der Waals surface area contributed by atoms with E-state index in [1.807, 2.05) is 0 Å². The molecule has 4 fully saturated rings. The highest BCUT2D eigenvalue weighted by atomic mass is 14.6. The van der Waals surface area contributed by atoms with E-state index in [-0.39, 0.29) is 0 Å². The van der Waals surface area contributed by atoms with Crippen LogP contribution < -0.4 is 0 Å². The Kier molecular flexibility index (Phi) is 6.75. The molecular weight excluding hydrogens is 360 g/mol. The number of fused-ring (bicyclic) bond motifs is 5. The maximum Gasteiger partial charge on any atom is -0.0264 e. The molecule has 0 amide bonds. The van der Waals surface area contributed by atoms with Gasteiger partial charge in [-0.25, -0.2) is 0 Å². The Balaban J connectivity index is 1.46. The molecule has 0 aromatic rings. The van der Waals surface area contributed by atoms with E-state index in [0.29, 0.717) is 10.8 Å². The third-order valence-electron chi connectivity index (χ3n) is 12.1. The zero-order valence-corrected chi connectivity index (χ0v) is 21.7. The van der Waals surface area contributed by atoms with Gasteiger partial charge >= 0.3 is 0 Å². The molecule has 0 N–H and O–H groups in total. The molecule has 30 heavy (non-hydrogen) atoms. The van der Waals surface area contributed by atoms with E-state index in [1.165, 1.54) is 38.5 Å². The summed E-state index contributed by atoms with van der Waals surface area (Å²) < 4.78 is 0. The predicted octanol–water partition coefficient (Wildman–Crippen LogP) is 9.38. The van der Waals surface area contributed by atoms with Gasteiger partial charge in [0.05, 0.1) is 0 Å². The summed E-state index contributed by atoms with van der Waals surface area (Å²) in [6.07, 6.45) is 18.2. The lowest BCUT2D eigenvalue weighted by atomic mass is 9.44. The predicted molar refractivity (Wildman–Crippen MR) is 131 cm³/mol. The van der Waals surface area contributed by atoms with E-state index < -0.39 is 0 Å². The van der Waals surface area contributed by atoms with Gasteiger partial charge in [-0.15, -0.1) is 0 Å². The molecule has 4 aliphatic carbocycles. The van der Waals surface area contributed by atoms with Crippen molar-refractivity contribution in [2.24, 2.45) is 64.1 Å². The van der Waals surface area contributed by atoms with Gasteiger partial charge in [0, 0.05) is 0 Å². The molecule has 0 heterocycles. The summed E-state index contributed by atoms with van der Waals surface area (Å²) in [5.41, 5.74) is 1.33. The van der Waals surface area contributed by atoms with Crippen molar-refractivity contribution in [3.05, 3.63) is 0 Å². The zero-order valence-electron chi connectivity index (χ0n) is 21.7. The number of hydrogen-bond donors (Lipinski definition) is 0. The van der Waals surface area contributed by atoms with Crippen LogP contribution in [0.2, 0.25) is 0 Å². The van der Waals surface area contributed by atoms with Gasteiger partial charge in [-0.05, 0) is 122 Å². The fraction of sp³-hybridized carbons (Fsp3) is 1.00. The Labute approximate surface area is 189 Å². The van der Waals surface area contributed by atoms with Gasteiger partial charge in [0.15, 0.2) is 0 Å². The lowest BCUT2D eigenvalue weighted by molar-refractivity contribution is -0.121. The standard InChI is InChI=1S/C30H54/c1-8-23(20(2)3)11-10-22(5)26-15-16-27-25-14-13-24-12-9-21(4)19-30(24,7)28(25)17-18-29(26,27)6/h20-28H,8-19H2,1-7H3/t21-,22+,23?,24?,25-,26+,27-,28-,29+,30-/m0/s1. The van der Waals surface area contributed by atoms with E-state index in [4.69, 9.17) is 0 Å². The first-order chi connectivity index (χ1) is 14.2. The van der Waals surface area contributed by atoms with Crippen molar-refractivity contribution < 1.29 is 0 Å². The van der Waals surface area contributed by atoms with E-state index in [0.717, 1.165) is 53.3 Å². The van der Waals surface area contributed by atoms with Crippen molar-refractivity contribution in [2.75, 3.05) is 0 Å². The van der Waals surface area contributed by atoms with Gasteiger partial charge < -0.3 is 0 Å². The average Bonchev–Trinajstić information content (AvgIpc) is 3.04. The molecule has 4 aliphatic rings. The zero-order chi connectivity index (χ0) is 21.7. The smallest absolute Gasteiger partial charge is 0.0264 e. The van der Waals surface area contributed by atoms with Crippen molar-refractivity contribution in [3.63, 3.8) is 0 Å². The van der Waals surface area contributed by atoms with Crippen molar-refractivity contribution in [2.45, 2.75) is 126 Å². The van der Waals surface area contributed by atoms with Gasteiger partial charge in [0.25, 0.3) is 0 Å². The second-order valence-corrected chi connectivity index (χ2v) is 13.7. The van der Waals surface area contributed by atoms with Gasteiger partial charge in [-0.3, -0.25) is 0 Å². The Hall–Kier alpha value is 0. The van der Waals surface area contributed by atoms with Gasteiger partial charge in [0.1, 0.15) is 0 Å². The van der Waals surface area contributed by atoms with Crippen LogP contribution in [0.4, 0.5) is 0 Å². The molecule has 0 aromatic heterocycles. The minimum Gasteiger partial charge on any atom is -0.0651 e. The van der Waals surface area contributed by atoms with E-state index in [9.17, 15) is 0 Å². The normalized spacial score (nSPS) is 48.0. The molecule has 0 bridgehead atoms. The van der Waals surface area contributed by atoms with Crippen molar-refractivity contribution >= 4 is 0 Å². The molecule has 0 nitrogen and oxygen atoms in total. The SMILES string of the molecule is CCC(CC[C@@H](C)[C@H]1CC[C@H]2[C@@H]3CCC4CC[C@H](C)C[C@]4(C)[C@H]3CC[C@]12C)C(C)C. The summed E-state index contributed by atoms with van der Waals surface area (Å²) in [5, 5.41) is 0. The second kappa shape index (κ2) is 8.74. The molecule has 4 saturated carbocycles. The molecular formula is C30H54. The first-order valence-corrected chi connectivity index (χ1v) is 14.2. The average molecular weight is 415 g/mol. The van der Waals surface area contributed by atoms with Gasteiger partial charge in [-0.1, -0.05) is 67.7 Å². The monoisotopic (exact) mass is 414 g/mol. The highest BCUT2D eigenvalue weighted by Gasteiger charge is 2.60. The summed E-state index contributed by atoms with van der Waals surface area (Å²) in [7, 11) is 0. The highest BCUT2D eigenvalue weighted by Crippen LogP contribution is 2.68. The van der Waals surface area contributed by atoms with Crippen LogP contribution >= 0.6 is 0 Å². The first-order valence-electron chi connectivity index (χ1n) is 14.2. The quantitative estimate of drug-likeness (QED) is 0.406. The highest BCUT2D eigenvalue weighted by molar-refractivity contribution is 5.09. The largest absolute Gasteiger partial charge is 0.0651 e. The maximum atomic E-state index is 2.76. The van der Waals surface area contributed by atoms with Crippen LogP contribution in [0.15, 0.2) is 0 Å². The van der Waals surface area contributed by atoms with Crippen LogP contribution in [0.1, 0.15) is 126 Å². The molecule has 0 saturated heterocycles. The number of hydrogen-bond acceptors (Lipinski definition) is 0. The summed E-state index contributed by atoms with van der Waals surface area (Å²) >= 11 is 0. The molecule has 0 radical (unpaired) electrons. The van der Waals surface area contributed by atoms with E-state index >= 15 is 0 Å². The second-order valence-electron chi connectivity index (χ2n) is 13.7. The molecule has 0 aromatic carbocycles. The lowest BCUT2D eigenvalue weighted by Crippen LogP contribution is -2.53. The number of rotatable bonds is 6. The van der Waals surface area contributed by atoms with Crippen LogP contribution in [-0.4, -0.2) is 0 Å². The first kappa shape index (κ1) is 23.2. The summed E-state index contributed by atoms with van der Waals surface area (Å²) in [5.74, 6) is 8.93. The van der Waals surface area contributed by atoms with Gasteiger partial charge in [0.2, 0.25) is 0 Å². The minimum absolute atomic E-state index is 0.656. The Morgan fingerprint density at radius 2 is 1.50 bits per heavy atom. The summed E-state index contributed by atoms with van der Waals surface area (Å²) in [4.78, 5) is 0. The molecule has 0 spiro atoms. The molecule has 0 heteroatoms. The molecule has 4 rings (SSSR count). The Bertz CT molecular complexity index is 577. The molecule has 174 valence electrons. The minimum atomic E-state index is 0.656. The van der Waals surface area contributed by atoms with Crippen LogP contribution in [0.3, 0.4) is 0 Å². The van der Waals surface area contributed by atoms with Crippen molar-refractivity contribution in [3.8, 4) is 0 Å². The Morgan fingerprint density at radius 1 is 0.800 bits per heavy atom. The Morgan fingerprint density at radius 3 is 2.20 bits per heavy atom. The van der Waals surface area contributed by atoms with E-state index in [1.54, 1.807) is 38.5 Å². The van der Waals surface area contributed by atoms with Crippen LogP contribution in [0.25, 0.3) is 0 Å².